The summed E-state index contributed by atoms with van der Waals surface area (Å²) in [6.45, 7) is 3.81. The molecule has 0 spiro atoms. The van der Waals surface area contributed by atoms with E-state index in [1.807, 2.05) is 36.4 Å². The van der Waals surface area contributed by atoms with Crippen LogP contribution < -0.4 is 5.32 Å². The lowest BCUT2D eigenvalue weighted by atomic mass is 9.96. The van der Waals surface area contributed by atoms with Crippen LogP contribution in [0.4, 0.5) is 0 Å². The summed E-state index contributed by atoms with van der Waals surface area (Å²) in [6.07, 6.45) is 2.42. The zero-order valence-electron chi connectivity index (χ0n) is 11.7. The molecule has 0 aromatic heterocycles. The normalized spacial score (nSPS) is 15.3. The Balaban J connectivity index is 2.21. The zero-order valence-corrected chi connectivity index (χ0v) is 13.2. The maximum Gasteiger partial charge on any atom is 0.256 e. The molecule has 0 saturated carbocycles. The van der Waals surface area contributed by atoms with E-state index in [9.17, 15) is 4.79 Å². The predicted molar refractivity (Wildman–Crippen MR) is 92.0 cm³/mol. The lowest BCUT2D eigenvalue weighted by Gasteiger charge is -2.12. The standard InChI is InChI=1S/C18H13Cl2NO/c1-2-5-12(11-8-9-15(19)16(20)10-11)17-13-6-3-4-7-14(13)18(22)21-17/h2-4,6-10H,1,5H2,(H,21,22). The Hall–Kier alpha value is -2.03. The summed E-state index contributed by atoms with van der Waals surface area (Å²) in [6, 6.07) is 13.0. The van der Waals surface area contributed by atoms with Crippen molar-refractivity contribution in [2.24, 2.45) is 0 Å². The summed E-state index contributed by atoms with van der Waals surface area (Å²) in [7, 11) is 0. The molecule has 4 heteroatoms. The van der Waals surface area contributed by atoms with Crippen LogP contribution in [0.2, 0.25) is 10.0 Å². The number of hydrogen-bond donors (Lipinski definition) is 1. The van der Waals surface area contributed by atoms with E-state index in [-0.39, 0.29) is 5.91 Å². The van der Waals surface area contributed by atoms with E-state index >= 15 is 0 Å². The van der Waals surface area contributed by atoms with Crippen LogP contribution in [0.25, 0.3) is 11.3 Å². The van der Waals surface area contributed by atoms with Crippen molar-refractivity contribution in [2.45, 2.75) is 6.42 Å². The van der Waals surface area contributed by atoms with E-state index in [1.54, 1.807) is 12.1 Å². The lowest BCUT2D eigenvalue weighted by molar-refractivity contribution is 0.0981. The highest BCUT2D eigenvalue weighted by Crippen LogP contribution is 2.35. The van der Waals surface area contributed by atoms with E-state index < -0.39 is 0 Å². The molecule has 1 N–H and O–H groups in total. The molecule has 2 nitrogen and oxygen atoms in total. The number of benzene rings is 2. The molecule has 0 aliphatic carbocycles. The van der Waals surface area contributed by atoms with Gasteiger partial charge in [0.1, 0.15) is 0 Å². The number of carbonyl (C=O) groups is 1. The Kier molecular flexibility index (Phi) is 4.06. The number of hydrogen-bond acceptors (Lipinski definition) is 1. The predicted octanol–water partition coefficient (Wildman–Crippen LogP) is 5.18. The van der Waals surface area contributed by atoms with Gasteiger partial charge in [0.2, 0.25) is 0 Å². The number of nitrogens with one attached hydrogen (secondary N) is 1. The highest BCUT2D eigenvalue weighted by atomic mass is 35.5. The summed E-state index contributed by atoms with van der Waals surface area (Å²) >= 11 is 12.1. The van der Waals surface area contributed by atoms with E-state index in [4.69, 9.17) is 23.2 Å². The molecule has 2 aromatic carbocycles. The van der Waals surface area contributed by atoms with Crippen molar-refractivity contribution in [2.75, 3.05) is 0 Å². The highest BCUT2D eigenvalue weighted by Gasteiger charge is 2.25. The van der Waals surface area contributed by atoms with Crippen LogP contribution in [0.5, 0.6) is 0 Å². The molecule has 0 unspecified atom stereocenters. The average Bonchev–Trinajstić information content (AvgIpc) is 2.85. The van der Waals surface area contributed by atoms with Crippen molar-refractivity contribution in [3.05, 3.63) is 81.9 Å². The second-order valence-corrected chi connectivity index (χ2v) is 5.79. The Bertz CT molecular complexity index is 808. The summed E-state index contributed by atoms with van der Waals surface area (Å²) < 4.78 is 0. The topological polar surface area (TPSA) is 29.1 Å². The van der Waals surface area contributed by atoms with Gasteiger partial charge in [-0.15, -0.1) is 6.58 Å². The molecule has 1 aliphatic rings. The smallest absolute Gasteiger partial charge is 0.256 e. The SMILES string of the molecule is C=CCC(=C1NC(=O)c2ccccc21)c1ccc(Cl)c(Cl)c1. The van der Waals surface area contributed by atoms with Gasteiger partial charge in [-0.1, -0.05) is 53.5 Å². The summed E-state index contributed by atoms with van der Waals surface area (Å²) in [4.78, 5) is 12.1. The fourth-order valence-electron chi connectivity index (χ4n) is 2.58. The molecule has 3 rings (SSSR count). The highest BCUT2D eigenvalue weighted by molar-refractivity contribution is 6.42. The molecule has 0 bridgehead atoms. The molecule has 1 amide bonds. The van der Waals surface area contributed by atoms with Crippen LogP contribution in [0, 0.1) is 0 Å². The molecule has 0 radical (unpaired) electrons. The summed E-state index contributed by atoms with van der Waals surface area (Å²) in [5.41, 5.74) is 4.27. The Morgan fingerprint density at radius 3 is 2.50 bits per heavy atom. The van der Waals surface area contributed by atoms with Crippen LogP contribution in [-0.2, 0) is 0 Å². The van der Waals surface area contributed by atoms with E-state index in [2.05, 4.69) is 11.9 Å². The van der Waals surface area contributed by atoms with Crippen LogP contribution in [0.3, 0.4) is 0 Å². The molecule has 2 aromatic rings. The van der Waals surface area contributed by atoms with Crippen LogP contribution in [0.15, 0.2) is 55.1 Å². The first-order chi connectivity index (χ1) is 10.6. The minimum atomic E-state index is -0.0905. The van der Waals surface area contributed by atoms with Crippen molar-refractivity contribution < 1.29 is 4.79 Å². The number of rotatable bonds is 3. The van der Waals surface area contributed by atoms with Crippen molar-refractivity contribution in [3.8, 4) is 0 Å². The van der Waals surface area contributed by atoms with E-state index in [1.165, 1.54) is 0 Å². The third kappa shape index (κ3) is 2.56. The molecule has 22 heavy (non-hydrogen) atoms. The minimum absolute atomic E-state index is 0.0905. The fraction of sp³-hybridized carbons (Fsp3) is 0.0556. The molecule has 0 atom stereocenters. The van der Waals surface area contributed by atoms with Crippen molar-refractivity contribution in [3.63, 3.8) is 0 Å². The van der Waals surface area contributed by atoms with Crippen LogP contribution >= 0.6 is 23.2 Å². The zero-order chi connectivity index (χ0) is 15.7. The molecule has 1 aliphatic heterocycles. The van der Waals surface area contributed by atoms with Gasteiger partial charge in [0.05, 0.1) is 15.7 Å². The number of halogens is 2. The summed E-state index contributed by atoms with van der Waals surface area (Å²) in [5, 5.41) is 3.94. The van der Waals surface area contributed by atoms with Gasteiger partial charge < -0.3 is 5.32 Å². The molecule has 110 valence electrons. The van der Waals surface area contributed by atoms with E-state index in [0.29, 0.717) is 22.0 Å². The number of fused-ring (bicyclic) bond motifs is 1. The van der Waals surface area contributed by atoms with Gasteiger partial charge in [-0.2, -0.15) is 0 Å². The maximum absolute atomic E-state index is 12.1. The van der Waals surface area contributed by atoms with Crippen molar-refractivity contribution in [1.82, 2.24) is 5.32 Å². The monoisotopic (exact) mass is 329 g/mol. The number of allylic oxidation sites excluding steroid dienone is 2. The first-order valence-electron chi connectivity index (χ1n) is 6.82. The van der Waals surface area contributed by atoms with Gasteiger partial charge >= 0.3 is 0 Å². The first kappa shape index (κ1) is 14.9. The molecule has 0 saturated heterocycles. The van der Waals surface area contributed by atoms with Gasteiger partial charge in [0.15, 0.2) is 0 Å². The molecule has 1 heterocycles. The fourth-order valence-corrected chi connectivity index (χ4v) is 2.88. The number of carbonyl (C=O) groups excluding carboxylic acids is 1. The van der Waals surface area contributed by atoms with Crippen molar-refractivity contribution >= 4 is 40.4 Å². The first-order valence-corrected chi connectivity index (χ1v) is 7.57. The lowest BCUT2D eigenvalue weighted by Crippen LogP contribution is -2.13. The third-order valence-electron chi connectivity index (χ3n) is 3.60. The van der Waals surface area contributed by atoms with Gasteiger partial charge in [-0.3, -0.25) is 4.79 Å². The van der Waals surface area contributed by atoms with Gasteiger partial charge in [0, 0.05) is 11.1 Å². The minimum Gasteiger partial charge on any atom is -0.321 e. The van der Waals surface area contributed by atoms with Gasteiger partial charge in [-0.25, -0.2) is 0 Å². The van der Waals surface area contributed by atoms with Crippen molar-refractivity contribution in [1.29, 1.82) is 0 Å². The largest absolute Gasteiger partial charge is 0.321 e. The number of amides is 1. The van der Waals surface area contributed by atoms with Crippen LogP contribution in [-0.4, -0.2) is 5.91 Å². The summed E-state index contributed by atoms with van der Waals surface area (Å²) in [5.74, 6) is -0.0905. The molecular weight excluding hydrogens is 317 g/mol. The maximum atomic E-state index is 12.1. The second-order valence-electron chi connectivity index (χ2n) is 4.97. The second kappa shape index (κ2) is 5.99. The molecule has 0 fully saturated rings. The molecular formula is C18H13Cl2NO. The Labute approximate surface area is 139 Å². The Morgan fingerprint density at radius 1 is 1.09 bits per heavy atom. The van der Waals surface area contributed by atoms with Gasteiger partial charge in [-0.05, 0) is 35.8 Å². The van der Waals surface area contributed by atoms with Crippen LogP contribution in [0.1, 0.15) is 27.9 Å². The van der Waals surface area contributed by atoms with E-state index in [0.717, 1.165) is 22.4 Å². The van der Waals surface area contributed by atoms with Gasteiger partial charge in [0.25, 0.3) is 5.91 Å². The third-order valence-corrected chi connectivity index (χ3v) is 4.34. The Morgan fingerprint density at radius 2 is 1.82 bits per heavy atom. The average molecular weight is 330 g/mol. The quantitative estimate of drug-likeness (QED) is 0.772.